The van der Waals surface area contributed by atoms with Crippen LogP contribution in [0, 0.1) is 0 Å². The normalized spacial score (nSPS) is 10.6. The largest absolute Gasteiger partial charge is 0.490 e. The van der Waals surface area contributed by atoms with Crippen LogP contribution in [-0.2, 0) is 4.79 Å². The summed E-state index contributed by atoms with van der Waals surface area (Å²) in [5, 5.41) is 3.98. The number of hydrogen-bond acceptors (Lipinski definition) is 6. The van der Waals surface area contributed by atoms with Crippen LogP contribution in [0.1, 0.15) is 22.8 Å². The Morgan fingerprint density at radius 3 is 2.16 bits per heavy atom. The zero-order chi connectivity index (χ0) is 25.9. The molecular formula is C30H26N2O5. The predicted octanol–water partition coefficient (Wildman–Crippen LogP) is 5.50. The minimum absolute atomic E-state index is 0.180. The highest BCUT2D eigenvalue weighted by atomic mass is 16.6. The van der Waals surface area contributed by atoms with Crippen molar-refractivity contribution in [2.75, 3.05) is 13.2 Å². The summed E-state index contributed by atoms with van der Waals surface area (Å²) in [5.41, 5.74) is 5.70. The van der Waals surface area contributed by atoms with Crippen LogP contribution in [0.5, 0.6) is 17.2 Å². The van der Waals surface area contributed by atoms with E-state index in [-0.39, 0.29) is 6.61 Å². The molecule has 37 heavy (non-hydrogen) atoms. The zero-order valence-corrected chi connectivity index (χ0v) is 20.3. The number of hydrazone groups is 1. The van der Waals surface area contributed by atoms with Gasteiger partial charge in [-0.25, -0.2) is 10.2 Å². The lowest BCUT2D eigenvalue weighted by Gasteiger charge is -2.11. The van der Waals surface area contributed by atoms with E-state index in [2.05, 4.69) is 10.5 Å². The van der Waals surface area contributed by atoms with Crippen molar-refractivity contribution in [1.82, 2.24) is 5.43 Å². The van der Waals surface area contributed by atoms with Crippen molar-refractivity contribution < 1.29 is 23.8 Å². The fourth-order valence-corrected chi connectivity index (χ4v) is 3.42. The number of carbonyl (C=O) groups excluding carboxylic acids is 2. The maximum Gasteiger partial charge on any atom is 0.343 e. The fourth-order valence-electron chi connectivity index (χ4n) is 3.42. The van der Waals surface area contributed by atoms with Gasteiger partial charge in [-0.1, -0.05) is 60.7 Å². The number of benzene rings is 4. The molecule has 4 aromatic carbocycles. The standard InChI is InChI=1S/C30H26N2O5/c1-2-35-28-19-22(13-18-27(28)37-30(34)25-11-7-4-8-12-25)20-31-32-29(33)21-36-26-16-14-24(15-17-26)23-9-5-3-6-10-23/h3-20H,2,21H2,1H3,(H,32,33). The zero-order valence-electron chi connectivity index (χ0n) is 20.3. The average molecular weight is 495 g/mol. The van der Waals surface area contributed by atoms with E-state index in [0.717, 1.165) is 11.1 Å². The van der Waals surface area contributed by atoms with Gasteiger partial charge >= 0.3 is 5.97 Å². The number of rotatable bonds is 10. The Balaban J connectivity index is 1.30. The van der Waals surface area contributed by atoms with Crippen LogP contribution in [0.2, 0.25) is 0 Å². The first-order chi connectivity index (χ1) is 18.1. The third kappa shape index (κ3) is 7.29. The lowest BCUT2D eigenvalue weighted by Crippen LogP contribution is -2.24. The van der Waals surface area contributed by atoms with Gasteiger partial charge < -0.3 is 14.2 Å². The van der Waals surface area contributed by atoms with Crippen LogP contribution in [0.3, 0.4) is 0 Å². The van der Waals surface area contributed by atoms with Crippen LogP contribution >= 0.6 is 0 Å². The molecule has 0 saturated carbocycles. The molecule has 0 saturated heterocycles. The number of nitrogens with one attached hydrogen (secondary N) is 1. The van der Waals surface area contributed by atoms with Crippen molar-refractivity contribution in [2.24, 2.45) is 5.10 Å². The van der Waals surface area contributed by atoms with Gasteiger partial charge in [-0.15, -0.1) is 0 Å². The van der Waals surface area contributed by atoms with Crippen LogP contribution in [-0.4, -0.2) is 31.3 Å². The van der Waals surface area contributed by atoms with E-state index in [1.54, 1.807) is 42.5 Å². The third-order valence-corrected chi connectivity index (χ3v) is 5.21. The molecule has 0 atom stereocenters. The molecule has 0 radical (unpaired) electrons. The topological polar surface area (TPSA) is 86.2 Å². The van der Waals surface area contributed by atoms with Crippen molar-refractivity contribution in [2.45, 2.75) is 6.92 Å². The average Bonchev–Trinajstić information content (AvgIpc) is 2.94. The molecule has 4 aromatic rings. The summed E-state index contributed by atoms with van der Waals surface area (Å²) in [7, 11) is 0. The first-order valence-electron chi connectivity index (χ1n) is 11.8. The van der Waals surface area contributed by atoms with Crippen LogP contribution < -0.4 is 19.6 Å². The van der Waals surface area contributed by atoms with Gasteiger partial charge in [-0.2, -0.15) is 5.10 Å². The van der Waals surface area contributed by atoms with Gasteiger partial charge in [0.1, 0.15) is 5.75 Å². The molecule has 0 bridgehead atoms. The highest BCUT2D eigenvalue weighted by Gasteiger charge is 2.13. The Hall–Kier alpha value is -4.91. The molecule has 1 amide bonds. The predicted molar refractivity (Wildman–Crippen MR) is 142 cm³/mol. The van der Waals surface area contributed by atoms with E-state index in [1.807, 2.05) is 67.6 Å². The second-order valence-electron chi connectivity index (χ2n) is 7.87. The highest BCUT2D eigenvalue weighted by molar-refractivity contribution is 5.91. The van der Waals surface area contributed by atoms with Gasteiger partial charge in [0.15, 0.2) is 18.1 Å². The molecule has 0 fully saturated rings. The van der Waals surface area contributed by atoms with Crippen molar-refractivity contribution in [3.63, 3.8) is 0 Å². The molecule has 4 rings (SSSR count). The van der Waals surface area contributed by atoms with Gasteiger partial charge in [-0.05, 0) is 66.1 Å². The van der Waals surface area contributed by atoms with Crippen molar-refractivity contribution in [1.29, 1.82) is 0 Å². The van der Waals surface area contributed by atoms with Crippen LogP contribution in [0.4, 0.5) is 0 Å². The third-order valence-electron chi connectivity index (χ3n) is 5.21. The first kappa shape index (κ1) is 25.2. The Morgan fingerprint density at radius 2 is 1.46 bits per heavy atom. The Bertz CT molecular complexity index is 1350. The van der Waals surface area contributed by atoms with E-state index in [1.165, 1.54) is 6.21 Å². The molecule has 0 spiro atoms. The van der Waals surface area contributed by atoms with Gasteiger partial charge in [0.25, 0.3) is 5.91 Å². The Morgan fingerprint density at radius 1 is 0.784 bits per heavy atom. The maximum absolute atomic E-state index is 12.4. The number of nitrogens with zero attached hydrogens (tertiary/aromatic N) is 1. The molecule has 0 unspecified atom stereocenters. The number of esters is 1. The summed E-state index contributed by atoms with van der Waals surface area (Å²) in [6.45, 7) is 2.04. The SMILES string of the molecule is CCOc1cc(C=NNC(=O)COc2ccc(-c3ccccc3)cc2)ccc1OC(=O)c1ccccc1. The lowest BCUT2D eigenvalue weighted by molar-refractivity contribution is -0.123. The number of amides is 1. The van der Waals surface area contributed by atoms with Crippen LogP contribution in [0.25, 0.3) is 11.1 Å². The molecule has 0 aromatic heterocycles. The smallest absolute Gasteiger partial charge is 0.343 e. The van der Waals surface area contributed by atoms with Crippen molar-refractivity contribution >= 4 is 18.1 Å². The molecule has 0 aliphatic carbocycles. The molecule has 7 nitrogen and oxygen atoms in total. The van der Waals surface area contributed by atoms with E-state index in [4.69, 9.17) is 14.2 Å². The van der Waals surface area contributed by atoms with E-state index >= 15 is 0 Å². The highest BCUT2D eigenvalue weighted by Crippen LogP contribution is 2.29. The summed E-state index contributed by atoms with van der Waals surface area (Å²) in [6.07, 6.45) is 1.47. The minimum atomic E-state index is -0.482. The Kier molecular flexibility index (Phi) is 8.64. The molecular weight excluding hydrogens is 468 g/mol. The summed E-state index contributed by atoms with van der Waals surface area (Å²) >= 11 is 0. The van der Waals surface area contributed by atoms with Gasteiger partial charge in [0.05, 0.1) is 18.4 Å². The second-order valence-corrected chi connectivity index (χ2v) is 7.87. The van der Waals surface area contributed by atoms with Gasteiger partial charge in [-0.3, -0.25) is 4.79 Å². The van der Waals surface area contributed by atoms with E-state index in [9.17, 15) is 9.59 Å². The minimum Gasteiger partial charge on any atom is -0.490 e. The summed E-state index contributed by atoms with van der Waals surface area (Å²) in [5.74, 6) is 0.389. The molecule has 1 N–H and O–H groups in total. The van der Waals surface area contributed by atoms with Crippen LogP contribution in [0.15, 0.2) is 108 Å². The van der Waals surface area contributed by atoms with E-state index in [0.29, 0.717) is 35.0 Å². The lowest BCUT2D eigenvalue weighted by atomic mass is 10.1. The summed E-state index contributed by atoms with van der Waals surface area (Å²) in [4.78, 5) is 24.5. The fraction of sp³-hybridized carbons (Fsp3) is 0.100. The van der Waals surface area contributed by atoms with E-state index < -0.39 is 11.9 Å². The quantitative estimate of drug-likeness (QED) is 0.136. The van der Waals surface area contributed by atoms with Crippen molar-refractivity contribution in [3.8, 4) is 28.4 Å². The summed E-state index contributed by atoms with van der Waals surface area (Å²) in [6, 6.07) is 31.2. The van der Waals surface area contributed by atoms with Gasteiger partial charge in [0, 0.05) is 0 Å². The molecule has 0 heterocycles. The number of carbonyl (C=O) groups is 2. The number of ether oxygens (including phenoxy) is 3. The van der Waals surface area contributed by atoms with Crippen molar-refractivity contribution in [3.05, 3.63) is 114 Å². The Labute approximate surface area is 215 Å². The molecule has 7 heteroatoms. The molecule has 0 aliphatic heterocycles. The second kappa shape index (κ2) is 12.7. The number of hydrogen-bond donors (Lipinski definition) is 1. The van der Waals surface area contributed by atoms with Gasteiger partial charge in [0.2, 0.25) is 0 Å². The molecule has 0 aliphatic rings. The monoisotopic (exact) mass is 494 g/mol. The molecule has 186 valence electrons. The first-order valence-corrected chi connectivity index (χ1v) is 11.8. The maximum atomic E-state index is 12.4. The summed E-state index contributed by atoms with van der Waals surface area (Å²) < 4.78 is 16.7.